The minimum Gasteiger partial charge on any atom is -0.406 e. The molecule has 21 heavy (non-hydrogen) atoms. The van der Waals surface area contributed by atoms with Crippen LogP contribution in [0.15, 0.2) is 40.5 Å². The summed E-state index contributed by atoms with van der Waals surface area (Å²) in [5.74, 6) is 0. The van der Waals surface area contributed by atoms with Crippen molar-refractivity contribution in [2.75, 3.05) is 0 Å². The fourth-order valence-electron chi connectivity index (χ4n) is 1.90. The number of halogens is 1. The van der Waals surface area contributed by atoms with Crippen LogP contribution in [0.25, 0.3) is 10.1 Å². The third-order valence-corrected chi connectivity index (χ3v) is 10.2. The van der Waals surface area contributed by atoms with E-state index in [4.69, 9.17) is 4.43 Å². The van der Waals surface area contributed by atoms with Gasteiger partial charge in [0.2, 0.25) is 0 Å². The van der Waals surface area contributed by atoms with Gasteiger partial charge in [-0.1, -0.05) is 61.6 Å². The van der Waals surface area contributed by atoms with Crippen LogP contribution >= 0.6 is 33.9 Å². The van der Waals surface area contributed by atoms with Crippen molar-refractivity contribution in [3.05, 3.63) is 45.4 Å². The van der Waals surface area contributed by atoms with E-state index in [-0.39, 0.29) is 11.1 Å². The molecule has 1 nitrogen and oxygen atoms in total. The maximum Gasteiger partial charge on any atom is 0.193 e. The number of benzene rings is 1. The monoisotopic (exact) mass is 430 g/mol. The molecule has 0 N–H and O–H groups in total. The zero-order valence-electron chi connectivity index (χ0n) is 13.3. The van der Waals surface area contributed by atoms with E-state index >= 15 is 0 Å². The molecule has 0 saturated heterocycles. The predicted molar refractivity (Wildman–Crippen MR) is 106 cm³/mol. The van der Waals surface area contributed by atoms with Crippen molar-refractivity contribution in [2.24, 2.45) is 0 Å². The largest absolute Gasteiger partial charge is 0.406 e. The second kappa shape index (κ2) is 6.52. The second-order valence-electron chi connectivity index (χ2n) is 6.80. The van der Waals surface area contributed by atoms with E-state index in [0.29, 0.717) is 0 Å². The first-order chi connectivity index (χ1) is 9.74. The fraction of sp³-hybridized carbons (Fsp3) is 0.412. The van der Waals surface area contributed by atoms with Crippen molar-refractivity contribution >= 4 is 52.3 Å². The SMILES string of the molecule is CC(C)(C)[Si](C)(C)O[C@H](/C=C/I)c1cc2ccccc2s1. The highest BCUT2D eigenvalue weighted by Gasteiger charge is 2.39. The van der Waals surface area contributed by atoms with Crippen LogP contribution < -0.4 is 0 Å². The van der Waals surface area contributed by atoms with Gasteiger partial charge in [0.25, 0.3) is 0 Å². The summed E-state index contributed by atoms with van der Waals surface area (Å²) in [5, 5.41) is 1.53. The van der Waals surface area contributed by atoms with Crippen molar-refractivity contribution in [2.45, 2.75) is 45.0 Å². The van der Waals surface area contributed by atoms with Gasteiger partial charge >= 0.3 is 0 Å². The van der Waals surface area contributed by atoms with Gasteiger partial charge in [0.1, 0.15) is 0 Å². The molecule has 114 valence electrons. The lowest BCUT2D eigenvalue weighted by Gasteiger charge is -2.38. The third kappa shape index (κ3) is 3.97. The van der Waals surface area contributed by atoms with E-state index in [0.717, 1.165) is 0 Å². The van der Waals surface area contributed by atoms with Crippen molar-refractivity contribution in [3.8, 4) is 0 Å². The molecule has 1 aromatic carbocycles. The lowest BCUT2D eigenvalue weighted by atomic mass is 10.2. The normalized spacial score (nSPS) is 15.0. The summed E-state index contributed by atoms with van der Waals surface area (Å²) < 4.78 is 10.0. The van der Waals surface area contributed by atoms with Crippen molar-refractivity contribution in [1.29, 1.82) is 0 Å². The first kappa shape index (κ1) is 17.2. The van der Waals surface area contributed by atoms with Gasteiger partial charge in [0.05, 0.1) is 6.10 Å². The van der Waals surface area contributed by atoms with Crippen LogP contribution in [0.4, 0.5) is 0 Å². The zero-order valence-corrected chi connectivity index (χ0v) is 17.3. The fourth-order valence-corrected chi connectivity index (χ4v) is 4.63. The van der Waals surface area contributed by atoms with Crippen LogP contribution in [0.1, 0.15) is 31.8 Å². The minimum atomic E-state index is -1.78. The Kier molecular flexibility index (Phi) is 5.34. The molecular formula is C17H23IOSSi. The number of thiophene rings is 1. The molecule has 0 aliphatic rings. The summed E-state index contributed by atoms with van der Waals surface area (Å²) in [6.45, 7) is 11.5. The Morgan fingerprint density at radius 2 is 1.90 bits per heavy atom. The summed E-state index contributed by atoms with van der Waals surface area (Å²) >= 11 is 4.12. The maximum atomic E-state index is 6.62. The summed E-state index contributed by atoms with van der Waals surface area (Å²) in [7, 11) is -1.78. The lowest BCUT2D eigenvalue weighted by Crippen LogP contribution is -2.41. The van der Waals surface area contributed by atoms with E-state index in [1.165, 1.54) is 15.0 Å². The molecule has 1 heterocycles. The van der Waals surface area contributed by atoms with Gasteiger partial charge in [-0.25, -0.2) is 0 Å². The van der Waals surface area contributed by atoms with E-state index in [9.17, 15) is 0 Å². The molecule has 0 radical (unpaired) electrons. The van der Waals surface area contributed by atoms with Crippen LogP contribution in [0, 0.1) is 0 Å². The second-order valence-corrected chi connectivity index (χ2v) is 13.4. The smallest absolute Gasteiger partial charge is 0.193 e. The first-order valence-electron chi connectivity index (χ1n) is 7.18. The summed E-state index contributed by atoms with van der Waals surface area (Å²) in [4.78, 5) is 1.30. The van der Waals surface area contributed by atoms with E-state index in [2.05, 4.69) is 96.9 Å². The quantitative estimate of drug-likeness (QED) is 0.378. The predicted octanol–water partition coefficient (Wildman–Crippen LogP) is 6.91. The highest BCUT2D eigenvalue weighted by atomic mass is 127. The Bertz CT molecular complexity index is 607. The molecule has 0 spiro atoms. The number of fused-ring (bicyclic) bond motifs is 1. The molecule has 0 fully saturated rings. The first-order valence-corrected chi connectivity index (χ1v) is 12.1. The minimum absolute atomic E-state index is 0.0696. The van der Waals surface area contributed by atoms with Gasteiger partial charge in [0, 0.05) is 9.58 Å². The molecule has 0 aliphatic heterocycles. The summed E-state index contributed by atoms with van der Waals surface area (Å²) in [5.41, 5.74) is 0. The molecule has 1 aromatic heterocycles. The molecular weight excluding hydrogens is 407 g/mol. The van der Waals surface area contributed by atoms with Crippen LogP contribution in [-0.4, -0.2) is 8.32 Å². The average molecular weight is 430 g/mol. The Balaban J connectivity index is 2.35. The zero-order chi connectivity index (χ0) is 15.7. The Labute approximate surface area is 146 Å². The maximum absolute atomic E-state index is 6.62. The molecule has 2 rings (SSSR count). The summed E-state index contributed by atoms with van der Waals surface area (Å²) in [6, 6.07) is 10.8. The molecule has 0 bridgehead atoms. The Morgan fingerprint density at radius 1 is 1.24 bits per heavy atom. The molecule has 4 heteroatoms. The standard InChI is InChI=1S/C17H23IOSSi/c1-17(2,3)21(4,5)19-14(10-11-18)16-12-13-8-6-7-9-15(13)20-16/h6-12,14H,1-5H3/b11-10+/t14-/m1/s1. The van der Waals surface area contributed by atoms with Crippen LogP contribution in [0.5, 0.6) is 0 Å². The summed E-state index contributed by atoms with van der Waals surface area (Å²) in [6.07, 6.45) is 2.24. The van der Waals surface area contributed by atoms with E-state index < -0.39 is 8.32 Å². The molecule has 0 saturated carbocycles. The van der Waals surface area contributed by atoms with Crippen molar-refractivity contribution in [1.82, 2.24) is 0 Å². The Morgan fingerprint density at radius 3 is 2.48 bits per heavy atom. The molecule has 2 aromatic rings. The van der Waals surface area contributed by atoms with Crippen LogP contribution in [0.3, 0.4) is 0 Å². The van der Waals surface area contributed by atoms with E-state index in [1.54, 1.807) is 0 Å². The van der Waals surface area contributed by atoms with Crippen LogP contribution in [0.2, 0.25) is 18.1 Å². The average Bonchev–Trinajstić information content (AvgIpc) is 2.80. The molecule has 0 aliphatic carbocycles. The number of hydrogen-bond acceptors (Lipinski definition) is 2. The third-order valence-electron chi connectivity index (χ3n) is 4.20. The van der Waals surface area contributed by atoms with Gasteiger partial charge in [-0.3, -0.25) is 0 Å². The van der Waals surface area contributed by atoms with Gasteiger partial charge < -0.3 is 4.43 Å². The Hall–Kier alpha value is -0.173. The van der Waals surface area contributed by atoms with Gasteiger partial charge in [0.15, 0.2) is 8.32 Å². The highest BCUT2D eigenvalue weighted by Crippen LogP contribution is 2.42. The molecule has 1 atom stereocenters. The van der Waals surface area contributed by atoms with E-state index in [1.807, 2.05) is 11.3 Å². The molecule has 0 amide bonds. The van der Waals surface area contributed by atoms with Crippen LogP contribution in [-0.2, 0) is 4.43 Å². The van der Waals surface area contributed by atoms with Crippen molar-refractivity contribution in [3.63, 3.8) is 0 Å². The topological polar surface area (TPSA) is 9.23 Å². The van der Waals surface area contributed by atoms with Crippen molar-refractivity contribution < 1.29 is 4.43 Å². The highest BCUT2D eigenvalue weighted by molar-refractivity contribution is 14.1. The van der Waals surface area contributed by atoms with Gasteiger partial charge in [-0.2, -0.15) is 0 Å². The lowest BCUT2D eigenvalue weighted by molar-refractivity contribution is 0.233. The number of hydrogen-bond donors (Lipinski definition) is 0. The number of rotatable bonds is 4. The van der Waals surface area contributed by atoms with Gasteiger partial charge in [-0.05, 0) is 45.8 Å². The van der Waals surface area contributed by atoms with Gasteiger partial charge in [-0.15, -0.1) is 11.3 Å². The molecule has 0 unspecified atom stereocenters.